The predicted octanol–water partition coefficient (Wildman–Crippen LogP) is 2.92. The molecule has 1 aliphatic heterocycles. The van der Waals surface area contributed by atoms with Crippen molar-refractivity contribution in [3.05, 3.63) is 70.7 Å². The van der Waals surface area contributed by atoms with Crippen molar-refractivity contribution in [3.8, 4) is 11.3 Å². The number of carbonyl (C=O) groups excluding carboxylic acids is 1. The maximum Gasteiger partial charge on any atom is 0.251 e. The van der Waals surface area contributed by atoms with Crippen molar-refractivity contribution in [2.45, 2.75) is 26.2 Å². The van der Waals surface area contributed by atoms with Gasteiger partial charge in [0.25, 0.3) is 5.91 Å². The molecule has 0 atom stereocenters. The molecule has 1 N–H and O–H groups in total. The van der Waals surface area contributed by atoms with Gasteiger partial charge >= 0.3 is 0 Å². The minimum Gasteiger partial charge on any atom is -0.352 e. The third kappa shape index (κ3) is 3.12. The number of aryl methyl sites for hydroxylation is 2. The first kappa shape index (κ1) is 16.5. The molecule has 1 aromatic carbocycles. The highest BCUT2D eigenvalue weighted by molar-refractivity contribution is 5.97. The molecule has 3 heterocycles. The largest absolute Gasteiger partial charge is 0.352 e. The third-order valence-corrected chi connectivity index (χ3v) is 4.95. The zero-order chi connectivity index (χ0) is 18.1. The van der Waals surface area contributed by atoms with Crippen LogP contribution in [0.3, 0.4) is 0 Å². The number of aromatic nitrogens is 3. The second-order valence-corrected chi connectivity index (χ2v) is 6.77. The van der Waals surface area contributed by atoms with Crippen LogP contribution in [0.2, 0.25) is 0 Å². The summed E-state index contributed by atoms with van der Waals surface area (Å²) in [7, 11) is 1.90. The van der Waals surface area contributed by atoms with E-state index in [4.69, 9.17) is 0 Å². The number of nitrogens with one attached hydrogen (secondary N) is 1. The van der Waals surface area contributed by atoms with Crippen LogP contribution in [-0.4, -0.2) is 27.2 Å². The molecule has 0 aliphatic carbocycles. The molecule has 0 fully saturated rings. The fourth-order valence-electron chi connectivity index (χ4n) is 3.53. The molecule has 0 saturated heterocycles. The van der Waals surface area contributed by atoms with Crippen molar-refractivity contribution in [1.29, 1.82) is 0 Å². The van der Waals surface area contributed by atoms with Crippen molar-refractivity contribution in [2.75, 3.05) is 6.54 Å². The SMILES string of the molecule is CCc1cc2c(cc1Cc1ccc(-c3cnn(C)c3)nc1)C(=O)NCC2. The topological polar surface area (TPSA) is 59.8 Å². The maximum absolute atomic E-state index is 12.2. The Labute approximate surface area is 153 Å². The van der Waals surface area contributed by atoms with Crippen LogP contribution >= 0.6 is 0 Å². The Kier molecular flexibility index (Phi) is 4.29. The molecule has 2 aromatic heterocycles. The number of carbonyl (C=O) groups is 1. The van der Waals surface area contributed by atoms with Crippen LogP contribution in [0.25, 0.3) is 11.3 Å². The molecule has 5 nitrogen and oxygen atoms in total. The minimum absolute atomic E-state index is 0.0419. The summed E-state index contributed by atoms with van der Waals surface area (Å²) in [5, 5.41) is 7.13. The van der Waals surface area contributed by atoms with Gasteiger partial charge in [0.15, 0.2) is 0 Å². The number of benzene rings is 1. The van der Waals surface area contributed by atoms with E-state index in [0.717, 1.165) is 48.2 Å². The molecule has 5 heteroatoms. The Morgan fingerprint density at radius 1 is 1.19 bits per heavy atom. The van der Waals surface area contributed by atoms with Gasteiger partial charge in [-0.3, -0.25) is 14.5 Å². The molecule has 0 saturated carbocycles. The van der Waals surface area contributed by atoms with Crippen molar-refractivity contribution in [3.63, 3.8) is 0 Å². The first-order valence-corrected chi connectivity index (χ1v) is 9.01. The van der Waals surface area contributed by atoms with Gasteiger partial charge in [-0.2, -0.15) is 5.10 Å². The fraction of sp³-hybridized carbons (Fsp3) is 0.286. The summed E-state index contributed by atoms with van der Waals surface area (Å²) in [6, 6.07) is 8.41. The van der Waals surface area contributed by atoms with Gasteiger partial charge in [0.1, 0.15) is 0 Å². The molecule has 1 amide bonds. The summed E-state index contributed by atoms with van der Waals surface area (Å²) in [6.45, 7) is 2.89. The molecule has 1 aliphatic rings. The third-order valence-electron chi connectivity index (χ3n) is 4.95. The predicted molar refractivity (Wildman–Crippen MR) is 101 cm³/mol. The highest BCUT2D eigenvalue weighted by atomic mass is 16.1. The average Bonchev–Trinajstić information content (AvgIpc) is 3.09. The Balaban J connectivity index is 1.62. The highest BCUT2D eigenvalue weighted by Crippen LogP contribution is 2.24. The van der Waals surface area contributed by atoms with Gasteiger partial charge in [-0.1, -0.05) is 19.1 Å². The van der Waals surface area contributed by atoms with Gasteiger partial charge in [-0.05, 0) is 53.6 Å². The zero-order valence-corrected chi connectivity index (χ0v) is 15.1. The monoisotopic (exact) mass is 346 g/mol. The van der Waals surface area contributed by atoms with Crippen molar-refractivity contribution in [2.24, 2.45) is 7.05 Å². The number of hydrogen-bond donors (Lipinski definition) is 1. The molecule has 0 radical (unpaired) electrons. The van der Waals surface area contributed by atoms with E-state index < -0.39 is 0 Å². The quantitative estimate of drug-likeness (QED) is 0.790. The molecule has 0 spiro atoms. The van der Waals surface area contributed by atoms with E-state index in [1.807, 2.05) is 31.7 Å². The summed E-state index contributed by atoms with van der Waals surface area (Å²) in [5.74, 6) is 0.0419. The Hall–Kier alpha value is -2.95. The van der Waals surface area contributed by atoms with E-state index >= 15 is 0 Å². The lowest BCUT2D eigenvalue weighted by Gasteiger charge is -2.20. The lowest BCUT2D eigenvalue weighted by molar-refractivity contribution is 0.0946. The molecular formula is C21H22N4O. The van der Waals surface area contributed by atoms with Gasteiger partial charge in [0.05, 0.1) is 11.9 Å². The fourth-order valence-corrected chi connectivity index (χ4v) is 3.53. The second kappa shape index (κ2) is 6.75. The smallest absolute Gasteiger partial charge is 0.251 e. The van der Waals surface area contributed by atoms with Crippen molar-refractivity contribution < 1.29 is 4.79 Å². The molecule has 3 aromatic rings. The van der Waals surface area contributed by atoms with Crippen molar-refractivity contribution in [1.82, 2.24) is 20.1 Å². The lowest BCUT2D eigenvalue weighted by atomic mass is 9.90. The number of amides is 1. The maximum atomic E-state index is 12.2. The van der Waals surface area contributed by atoms with E-state index in [-0.39, 0.29) is 5.91 Å². The molecule has 4 rings (SSSR count). The number of nitrogens with zero attached hydrogens (tertiary/aromatic N) is 3. The van der Waals surface area contributed by atoms with Crippen LogP contribution in [0.4, 0.5) is 0 Å². The van der Waals surface area contributed by atoms with E-state index in [0.29, 0.717) is 0 Å². The Morgan fingerprint density at radius 3 is 2.77 bits per heavy atom. The molecular weight excluding hydrogens is 324 g/mol. The highest BCUT2D eigenvalue weighted by Gasteiger charge is 2.19. The summed E-state index contributed by atoms with van der Waals surface area (Å²) in [6.07, 6.45) is 8.35. The van der Waals surface area contributed by atoms with Crippen LogP contribution in [0.5, 0.6) is 0 Å². The van der Waals surface area contributed by atoms with E-state index in [2.05, 4.69) is 40.5 Å². The van der Waals surface area contributed by atoms with Gasteiger partial charge in [-0.15, -0.1) is 0 Å². The standard InChI is InChI=1S/C21H22N4O/c1-3-15-9-16-6-7-22-21(26)19(16)10-17(15)8-14-4-5-20(23-11-14)18-12-24-25(2)13-18/h4-5,9-13H,3,6-8H2,1-2H3,(H,22,26). The summed E-state index contributed by atoms with van der Waals surface area (Å²) < 4.78 is 1.77. The molecule has 0 unspecified atom stereocenters. The Bertz CT molecular complexity index is 957. The number of pyridine rings is 1. The van der Waals surface area contributed by atoms with Gasteiger partial charge < -0.3 is 5.32 Å². The van der Waals surface area contributed by atoms with Crippen LogP contribution in [0, 0.1) is 0 Å². The van der Waals surface area contributed by atoms with Crippen LogP contribution in [-0.2, 0) is 26.3 Å². The average molecular weight is 346 g/mol. The minimum atomic E-state index is 0.0419. The number of rotatable bonds is 4. The second-order valence-electron chi connectivity index (χ2n) is 6.77. The zero-order valence-electron chi connectivity index (χ0n) is 15.1. The van der Waals surface area contributed by atoms with E-state index in [1.165, 1.54) is 16.7 Å². The van der Waals surface area contributed by atoms with Crippen LogP contribution in [0.1, 0.15) is 39.5 Å². The van der Waals surface area contributed by atoms with Gasteiger partial charge in [-0.25, -0.2) is 0 Å². The van der Waals surface area contributed by atoms with E-state index in [1.54, 1.807) is 4.68 Å². The summed E-state index contributed by atoms with van der Waals surface area (Å²) in [4.78, 5) is 16.7. The van der Waals surface area contributed by atoms with Crippen molar-refractivity contribution >= 4 is 5.91 Å². The van der Waals surface area contributed by atoms with Crippen LogP contribution < -0.4 is 5.32 Å². The van der Waals surface area contributed by atoms with Gasteiger partial charge in [0, 0.05) is 37.1 Å². The first-order chi connectivity index (χ1) is 12.6. The lowest BCUT2D eigenvalue weighted by Crippen LogP contribution is -2.32. The summed E-state index contributed by atoms with van der Waals surface area (Å²) >= 11 is 0. The van der Waals surface area contributed by atoms with Crippen LogP contribution in [0.15, 0.2) is 42.9 Å². The van der Waals surface area contributed by atoms with Gasteiger partial charge in [0.2, 0.25) is 0 Å². The molecule has 0 bridgehead atoms. The number of hydrogen-bond acceptors (Lipinski definition) is 3. The molecule has 132 valence electrons. The number of fused-ring (bicyclic) bond motifs is 1. The Morgan fingerprint density at radius 2 is 2.08 bits per heavy atom. The normalized spacial score (nSPS) is 13.4. The molecule has 26 heavy (non-hydrogen) atoms. The first-order valence-electron chi connectivity index (χ1n) is 9.01. The van der Waals surface area contributed by atoms with E-state index in [9.17, 15) is 4.79 Å². The summed E-state index contributed by atoms with van der Waals surface area (Å²) in [5.41, 5.74) is 7.58.